The van der Waals surface area contributed by atoms with E-state index in [1.165, 1.54) is 0 Å². The Morgan fingerprint density at radius 2 is 2.31 bits per heavy atom. The second kappa shape index (κ2) is 6.54. The van der Waals surface area contributed by atoms with Crippen LogP contribution in [0.25, 0.3) is 0 Å². The molecule has 2 unspecified atom stereocenters. The molecule has 96 valence electrons. The first kappa shape index (κ1) is 13.9. The van der Waals surface area contributed by atoms with Crippen LogP contribution in [0, 0.1) is 0 Å². The molecule has 1 aliphatic heterocycles. The van der Waals surface area contributed by atoms with Gasteiger partial charge < -0.3 is 10.1 Å². The predicted octanol–water partition coefficient (Wildman–Crippen LogP) is 0.0828. The van der Waals surface area contributed by atoms with Gasteiger partial charge in [0, 0.05) is 19.2 Å². The molecular weight excluding hydrogens is 228 g/mol. The fourth-order valence-electron chi connectivity index (χ4n) is 1.81. The average Bonchev–Trinajstić information content (AvgIpc) is 2.67. The Balaban J connectivity index is 2.27. The molecule has 5 nitrogen and oxygen atoms in total. The van der Waals surface area contributed by atoms with E-state index >= 15 is 0 Å². The normalized spacial score (nSPS) is 23.5. The van der Waals surface area contributed by atoms with Crippen molar-refractivity contribution in [1.29, 1.82) is 0 Å². The maximum absolute atomic E-state index is 11.7. The number of sulfonamides is 1. The monoisotopic (exact) mass is 250 g/mol. The summed E-state index contributed by atoms with van der Waals surface area (Å²) in [7, 11) is -3.17. The molecule has 0 aromatic heterocycles. The molecule has 0 aliphatic carbocycles. The van der Waals surface area contributed by atoms with Crippen molar-refractivity contribution in [3.8, 4) is 0 Å². The minimum Gasteiger partial charge on any atom is -0.377 e. The summed E-state index contributed by atoms with van der Waals surface area (Å²) in [6, 6.07) is 0.111. The van der Waals surface area contributed by atoms with E-state index in [4.69, 9.17) is 4.74 Å². The van der Waals surface area contributed by atoms with Gasteiger partial charge in [0.1, 0.15) is 0 Å². The van der Waals surface area contributed by atoms with Crippen LogP contribution in [0.15, 0.2) is 0 Å². The Kier molecular flexibility index (Phi) is 5.68. The van der Waals surface area contributed by atoms with Crippen molar-refractivity contribution in [2.75, 3.05) is 25.4 Å². The highest BCUT2D eigenvalue weighted by Crippen LogP contribution is 2.06. The SMILES string of the molecule is CCOC(C)CNS(=O)(=O)CC1CCCN1. The molecule has 0 spiro atoms. The van der Waals surface area contributed by atoms with Crippen molar-refractivity contribution < 1.29 is 13.2 Å². The second-order valence-electron chi connectivity index (χ2n) is 4.19. The summed E-state index contributed by atoms with van der Waals surface area (Å²) in [4.78, 5) is 0. The molecule has 0 bridgehead atoms. The lowest BCUT2D eigenvalue weighted by Crippen LogP contribution is -2.39. The molecule has 2 N–H and O–H groups in total. The van der Waals surface area contributed by atoms with Crippen LogP contribution in [0.2, 0.25) is 0 Å². The summed E-state index contributed by atoms with van der Waals surface area (Å²) in [5.41, 5.74) is 0. The van der Waals surface area contributed by atoms with E-state index in [0.29, 0.717) is 13.2 Å². The zero-order valence-corrected chi connectivity index (χ0v) is 10.8. The highest BCUT2D eigenvalue weighted by molar-refractivity contribution is 7.89. The number of ether oxygens (including phenoxy) is 1. The molecule has 16 heavy (non-hydrogen) atoms. The predicted molar refractivity (Wildman–Crippen MR) is 63.9 cm³/mol. The van der Waals surface area contributed by atoms with Crippen LogP contribution in [-0.2, 0) is 14.8 Å². The lowest BCUT2D eigenvalue weighted by molar-refractivity contribution is 0.0799. The van der Waals surface area contributed by atoms with E-state index in [1.807, 2.05) is 13.8 Å². The van der Waals surface area contributed by atoms with Crippen molar-refractivity contribution in [2.45, 2.75) is 38.8 Å². The van der Waals surface area contributed by atoms with Gasteiger partial charge >= 0.3 is 0 Å². The molecule has 0 amide bonds. The number of nitrogens with one attached hydrogen (secondary N) is 2. The summed E-state index contributed by atoms with van der Waals surface area (Å²) in [5.74, 6) is 0.172. The van der Waals surface area contributed by atoms with Crippen LogP contribution in [0.4, 0.5) is 0 Å². The second-order valence-corrected chi connectivity index (χ2v) is 6.04. The molecule has 2 atom stereocenters. The molecule has 0 aromatic carbocycles. The Labute approximate surface area is 98.0 Å². The van der Waals surface area contributed by atoms with Gasteiger partial charge in [0.15, 0.2) is 0 Å². The molecule has 1 fully saturated rings. The summed E-state index contributed by atoms with van der Waals surface area (Å²) < 4.78 is 31.2. The van der Waals surface area contributed by atoms with Crippen LogP contribution in [0.5, 0.6) is 0 Å². The number of hydrogen-bond acceptors (Lipinski definition) is 4. The molecule has 0 aromatic rings. The Morgan fingerprint density at radius 1 is 1.56 bits per heavy atom. The van der Waals surface area contributed by atoms with E-state index in [9.17, 15) is 8.42 Å². The Hall–Kier alpha value is -0.170. The van der Waals surface area contributed by atoms with Gasteiger partial charge in [-0.25, -0.2) is 13.1 Å². The molecule has 0 radical (unpaired) electrons. The van der Waals surface area contributed by atoms with Crippen LogP contribution >= 0.6 is 0 Å². The van der Waals surface area contributed by atoms with Gasteiger partial charge in [-0.1, -0.05) is 0 Å². The van der Waals surface area contributed by atoms with Crippen LogP contribution < -0.4 is 10.0 Å². The zero-order chi connectivity index (χ0) is 12.0. The van der Waals surface area contributed by atoms with E-state index in [-0.39, 0.29) is 17.9 Å². The van der Waals surface area contributed by atoms with Crippen molar-refractivity contribution in [1.82, 2.24) is 10.0 Å². The maximum atomic E-state index is 11.7. The van der Waals surface area contributed by atoms with E-state index in [1.54, 1.807) is 0 Å². The zero-order valence-electron chi connectivity index (χ0n) is 10.0. The fourth-order valence-corrected chi connectivity index (χ4v) is 3.23. The largest absolute Gasteiger partial charge is 0.377 e. The van der Waals surface area contributed by atoms with Crippen LogP contribution in [0.3, 0.4) is 0 Å². The first-order valence-electron chi connectivity index (χ1n) is 5.86. The lowest BCUT2D eigenvalue weighted by atomic mass is 10.3. The smallest absolute Gasteiger partial charge is 0.213 e. The third-order valence-electron chi connectivity index (χ3n) is 2.62. The first-order valence-corrected chi connectivity index (χ1v) is 7.51. The molecule has 1 aliphatic rings. The highest BCUT2D eigenvalue weighted by atomic mass is 32.2. The molecule has 1 rings (SSSR count). The Bertz CT molecular complexity index is 286. The minimum absolute atomic E-state index is 0.0729. The van der Waals surface area contributed by atoms with Crippen molar-refractivity contribution in [3.63, 3.8) is 0 Å². The van der Waals surface area contributed by atoms with Gasteiger partial charge in [-0.15, -0.1) is 0 Å². The summed E-state index contributed by atoms with van der Waals surface area (Å²) in [5, 5.41) is 3.18. The summed E-state index contributed by atoms with van der Waals surface area (Å²) in [6.07, 6.45) is 1.94. The van der Waals surface area contributed by atoms with Crippen molar-refractivity contribution >= 4 is 10.0 Å². The van der Waals surface area contributed by atoms with E-state index in [0.717, 1.165) is 19.4 Å². The van der Waals surface area contributed by atoms with E-state index in [2.05, 4.69) is 10.0 Å². The minimum atomic E-state index is -3.17. The standard InChI is InChI=1S/C10H22N2O3S/c1-3-15-9(2)7-12-16(13,14)8-10-5-4-6-11-10/h9-12H,3-8H2,1-2H3. The molecule has 6 heteroatoms. The quantitative estimate of drug-likeness (QED) is 0.671. The lowest BCUT2D eigenvalue weighted by Gasteiger charge is -2.15. The summed E-state index contributed by atoms with van der Waals surface area (Å²) in [6.45, 7) is 5.64. The van der Waals surface area contributed by atoms with Gasteiger partial charge in [0.25, 0.3) is 0 Å². The molecule has 1 saturated heterocycles. The first-order chi connectivity index (χ1) is 7.53. The van der Waals surface area contributed by atoms with Gasteiger partial charge in [-0.2, -0.15) is 0 Å². The number of hydrogen-bond donors (Lipinski definition) is 2. The van der Waals surface area contributed by atoms with Crippen LogP contribution in [0.1, 0.15) is 26.7 Å². The molecular formula is C10H22N2O3S. The van der Waals surface area contributed by atoms with Gasteiger partial charge in [0.2, 0.25) is 10.0 Å². The summed E-state index contributed by atoms with van der Waals surface area (Å²) >= 11 is 0. The average molecular weight is 250 g/mol. The van der Waals surface area contributed by atoms with Gasteiger partial charge in [0.05, 0.1) is 11.9 Å². The molecule has 0 saturated carbocycles. The highest BCUT2D eigenvalue weighted by Gasteiger charge is 2.22. The van der Waals surface area contributed by atoms with Gasteiger partial charge in [-0.3, -0.25) is 0 Å². The third-order valence-corrected chi connectivity index (χ3v) is 4.07. The Morgan fingerprint density at radius 3 is 2.88 bits per heavy atom. The van der Waals surface area contributed by atoms with Crippen molar-refractivity contribution in [3.05, 3.63) is 0 Å². The topological polar surface area (TPSA) is 67.4 Å². The maximum Gasteiger partial charge on any atom is 0.213 e. The third kappa shape index (κ3) is 5.25. The molecule has 1 heterocycles. The van der Waals surface area contributed by atoms with E-state index < -0.39 is 10.0 Å². The van der Waals surface area contributed by atoms with Crippen LogP contribution in [-0.4, -0.2) is 46.0 Å². The number of rotatable bonds is 7. The van der Waals surface area contributed by atoms with Crippen molar-refractivity contribution in [2.24, 2.45) is 0 Å². The van der Waals surface area contributed by atoms with Gasteiger partial charge in [-0.05, 0) is 33.2 Å². The fraction of sp³-hybridized carbons (Fsp3) is 1.00.